The highest BCUT2D eigenvalue weighted by atomic mass is 35.5. The fraction of sp³-hybridized carbons (Fsp3) is 0.400. The highest BCUT2D eigenvalue weighted by molar-refractivity contribution is 6.30. The molecule has 0 aliphatic rings. The van der Waals surface area contributed by atoms with Crippen LogP contribution in [-0.2, 0) is 11.2 Å². The number of likely N-dealkylation sites (N-methyl/N-ethyl adjacent to an activating group) is 2. The lowest BCUT2D eigenvalue weighted by atomic mass is 10.1. The summed E-state index contributed by atoms with van der Waals surface area (Å²) in [5, 5.41) is 0.689. The third-order valence-electron chi connectivity index (χ3n) is 5.18. The maximum absolute atomic E-state index is 12.5. The Bertz CT molecular complexity index is 852. The molecule has 5 nitrogen and oxygen atoms in total. The summed E-state index contributed by atoms with van der Waals surface area (Å²) in [4.78, 5) is 16.7. The molecule has 0 unspecified atom stereocenters. The Morgan fingerprint density at radius 1 is 1.00 bits per heavy atom. The van der Waals surface area contributed by atoms with Crippen molar-refractivity contribution in [2.24, 2.45) is 0 Å². The van der Waals surface area contributed by atoms with Crippen LogP contribution in [0.5, 0.6) is 11.5 Å². The average Bonchev–Trinajstić information content (AvgIpc) is 2.79. The second-order valence-electron chi connectivity index (χ2n) is 7.40. The Kier molecular flexibility index (Phi) is 10.4. The lowest BCUT2D eigenvalue weighted by Gasteiger charge is -2.22. The molecule has 2 aromatic carbocycles. The van der Waals surface area contributed by atoms with E-state index in [-0.39, 0.29) is 5.91 Å². The molecule has 2 aromatic rings. The van der Waals surface area contributed by atoms with Crippen LogP contribution < -0.4 is 9.47 Å². The molecule has 0 aliphatic carbocycles. The second-order valence-corrected chi connectivity index (χ2v) is 7.84. The minimum atomic E-state index is 0.0328. The molecule has 0 saturated heterocycles. The SMILES string of the molecule is CCN(CCCN(C)CCc1ccc(OC)c(OC)c1)C(=O)C=Cc1ccc(Cl)cc1. The van der Waals surface area contributed by atoms with E-state index in [1.165, 1.54) is 5.56 Å². The summed E-state index contributed by atoms with van der Waals surface area (Å²) < 4.78 is 10.7. The lowest BCUT2D eigenvalue weighted by Crippen LogP contribution is -2.32. The van der Waals surface area contributed by atoms with Crippen molar-refractivity contribution < 1.29 is 14.3 Å². The summed E-state index contributed by atoms with van der Waals surface area (Å²) >= 11 is 5.90. The molecule has 31 heavy (non-hydrogen) atoms. The van der Waals surface area contributed by atoms with Gasteiger partial charge in [-0.3, -0.25) is 4.79 Å². The van der Waals surface area contributed by atoms with Gasteiger partial charge in [0.1, 0.15) is 0 Å². The van der Waals surface area contributed by atoms with Gasteiger partial charge in [-0.25, -0.2) is 0 Å². The number of amides is 1. The fourth-order valence-corrected chi connectivity index (χ4v) is 3.40. The highest BCUT2D eigenvalue weighted by Gasteiger charge is 2.09. The first-order valence-corrected chi connectivity index (χ1v) is 11.0. The van der Waals surface area contributed by atoms with Gasteiger partial charge in [-0.1, -0.05) is 29.8 Å². The van der Waals surface area contributed by atoms with E-state index in [4.69, 9.17) is 21.1 Å². The monoisotopic (exact) mass is 444 g/mol. The number of hydrogen-bond acceptors (Lipinski definition) is 4. The number of rotatable bonds is 12. The number of carbonyl (C=O) groups excluding carboxylic acids is 1. The molecule has 0 bridgehead atoms. The van der Waals surface area contributed by atoms with Gasteiger partial charge < -0.3 is 19.3 Å². The van der Waals surface area contributed by atoms with Crippen LogP contribution in [0.1, 0.15) is 24.5 Å². The predicted octanol–water partition coefficient (Wildman–Crippen LogP) is 4.78. The Morgan fingerprint density at radius 2 is 1.71 bits per heavy atom. The minimum Gasteiger partial charge on any atom is -0.493 e. The van der Waals surface area contributed by atoms with Gasteiger partial charge in [0, 0.05) is 30.7 Å². The number of benzene rings is 2. The molecule has 0 radical (unpaired) electrons. The first-order valence-electron chi connectivity index (χ1n) is 10.6. The largest absolute Gasteiger partial charge is 0.493 e. The Morgan fingerprint density at radius 3 is 2.35 bits per heavy atom. The van der Waals surface area contributed by atoms with Crippen LogP contribution in [0.15, 0.2) is 48.5 Å². The van der Waals surface area contributed by atoms with Gasteiger partial charge in [0.15, 0.2) is 11.5 Å². The van der Waals surface area contributed by atoms with E-state index in [9.17, 15) is 4.79 Å². The average molecular weight is 445 g/mol. The zero-order valence-electron chi connectivity index (χ0n) is 18.9. The van der Waals surface area contributed by atoms with Crippen LogP contribution in [0.4, 0.5) is 0 Å². The molecule has 2 rings (SSSR count). The topological polar surface area (TPSA) is 42.0 Å². The molecular formula is C25H33ClN2O3. The van der Waals surface area contributed by atoms with Crippen molar-refractivity contribution in [3.63, 3.8) is 0 Å². The third-order valence-corrected chi connectivity index (χ3v) is 5.43. The molecule has 0 heterocycles. The van der Waals surface area contributed by atoms with Gasteiger partial charge in [0.2, 0.25) is 5.91 Å². The molecule has 0 aliphatic heterocycles. The first-order chi connectivity index (χ1) is 15.0. The van der Waals surface area contributed by atoms with Crippen molar-refractivity contribution >= 4 is 23.6 Å². The van der Waals surface area contributed by atoms with E-state index in [1.54, 1.807) is 20.3 Å². The van der Waals surface area contributed by atoms with E-state index in [0.29, 0.717) is 11.6 Å². The normalized spacial score (nSPS) is 11.2. The van der Waals surface area contributed by atoms with Crippen molar-refractivity contribution in [3.8, 4) is 11.5 Å². The van der Waals surface area contributed by atoms with Gasteiger partial charge in [0.25, 0.3) is 0 Å². The van der Waals surface area contributed by atoms with Crippen molar-refractivity contribution in [2.75, 3.05) is 47.4 Å². The van der Waals surface area contributed by atoms with E-state index < -0.39 is 0 Å². The number of methoxy groups -OCH3 is 2. The highest BCUT2D eigenvalue weighted by Crippen LogP contribution is 2.27. The van der Waals surface area contributed by atoms with Crippen LogP contribution in [0.25, 0.3) is 6.08 Å². The minimum absolute atomic E-state index is 0.0328. The summed E-state index contributed by atoms with van der Waals surface area (Å²) in [5.41, 5.74) is 2.17. The maximum Gasteiger partial charge on any atom is 0.246 e. The van der Waals surface area contributed by atoms with Crippen LogP contribution in [0.2, 0.25) is 5.02 Å². The van der Waals surface area contributed by atoms with Gasteiger partial charge in [0.05, 0.1) is 14.2 Å². The van der Waals surface area contributed by atoms with Crippen molar-refractivity contribution in [1.29, 1.82) is 0 Å². The van der Waals surface area contributed by atoms with Crippen LogP contribution in [-0.4, -0.2) is 63.2 Å². The first kappa shape index (κ1) is 24.8. The molecule has 0 atom stereocenters. The fourth-order valence-electron chi connectivity index (χ4n) is 3.27. The summed E-state index contributed by atoms with van der Waals surface area (Å²) in [6.45, 7) is 5.30. The molecule has 168 valence electrons. The number of hydrogen-bond donors (Lipinski definition) is 0. The van der Waals surface area contributed by atoms with Crippen LogP contribution in [0, 0.1) is 0 Å². The molecule has 0 spiro atoms. The van der Waals surface area contributed by atoms with Crippen molar-refractivity contribution in [2.45, 2.75) is 19.8 Å². The summed E-state index contributed by atoms with van der Waals surface area (Å²) in [6, 6.07) is 13.5. The van der Waals surface area contributed by atoms with Crippen molar-refractivity contribution in [3.05, 3.63) is 64.7 Å². The lowest BCUT2D eigenvalue weighted by molar-refractivity contribution is -0.125. The Balaban J connectivity index is 1.76. The van der Waals surface area contributed by atoms with E-state index in [0.717, 1.165) is 49.5 Å². The van der Waals surface area contributed by atoms with Crippen LogP contribution >= 0.6 is 11.6 Å². The second kappa shape index (κ2) is 13.0. The zero-order valence-corrected chi connectivity index (χ0v) is 19.7. The van der Waals surface area contributed by atoms with Crippen molar-refractivity contribution in [1.82, 2.24) is 9.80 Å². The molecule has 0 N–H and O–H groups in total. The maximum atomic E-state index is 12.5. The predicted molar refractivity (Wildman–Crippen MR) is 128 cm³/mol. The van der Waals surface area contributed by atoms with Crippen LogP contribution in [0.3, 0.4) is 0 Å². The summed E-state index contributed by atoms with van der Waals surface area (Å²) in [7, 11) is 5.40. The zero-order chi connectivity index (χ0) is 22.6. The summed E-state index contributed by atoms with van der Waals surface area (Å²) in [5.74, 6) is 1.53. The molecule has 0 fully saturated rings. The van der Waals surface area contributed by atoms with E-state index in [1.807, 2.05) is 54.3 Å². The standard InChI is InChI=1S/C25H33ClN2O3/c1-5-28(25(29)14-10-20-7-11-22(26)12-8-20)17-6-16-27(2)18-15-21-9-13-23(30-3)24(19-21)31-4/h7-14,19H,5-6,15-18H2,1-4H3. The van der Waals surface area contributed by atoms with Gasteiger partial charge in [-0.05, 0) is 74.8 Å². The third kappa shape index (κ3) is 8.27. The Labute approximate surface area is 191 Å². The number of nitrogens with zero attached hydrogens (tertiary/aromatic N) is 2. The molecule has 0 saturated carbocycles. The number of carbonyl (C=O) groups is 1. The summed E-state index contributed by atoms with van der Waals surface area (Å²) in [6.07, 6.45) is 5.32. The smallest absolute Gasteiger partial charge is 0.246 e. The van der Waals surface area contributed by atoms with E-state index in [2.05, 4.69) is 18.0 Å². The quantitative estimate of drug-likeness (QED) is 0.442. The number of halogens is 1. The molecule has 0 aromatic heterocycles. The van der Waals surface area contributed by atoms with Gasteiger partial charge >= 0.3 is 0 Å². The van der Waals surface area contributed by atoms with Gasteiger partial charge in [-0.15, -0.1) is 0 Å². The number of ether oxygens (including phenoxy) is 2. The van der Waals surface area contributed by atoms with Gasteiger partial charge in [-0.2, -0.15) is 0 Å². The van der Waals surface area contributed by atoms with E-state index >= 15 is 0 Å². The molecule has 6 heteroatoms. The molecule has 1 amide bonds. The molecular weight excluding hydrogens is 412 g/mol. The Hall–Kier alpha value is -2.50.